The molecule has 0 aliphatic carbocycles. The number of amides is 2. The van der Waals surface area contributed by atoms with Crippen LogP contribution in [0, 0.1) is 0 Å². The molecule has 0 heterocycles. The van der Waals surface area contributed by atoms with Crippen LogP contribution in [0.25, 0.3) is 0 Å². The number of carbonyl (C=O) groups is 2. The van der Waals surface area contributed by atoms with E-state index in [9.17, 15) is 9.59 Å². The third-order valence-corrected chi connectivity index (χ3v) is 4.81. The molecule has 0 saturated heterocycles. The summed E-state index contributed by atoms with van der Waals surface area (Å²) in [4.78, 5) is 25.6. The number of rotatable bonds is 14. The maximum Gasteiger partial charge on any atom is 0.253 e. The molecule has 0 aliphatic heterocycles. The quantitative estimate of drug-likeness (QED) is 0.404. The molecule has 0 bridgehead atoms. The van der Waals surface area contributed by atoms with Gasteiger partial charge in [-0.1, -0.05) is 77.2 Å². The lowest BCUT2D eigenvalue weighted by molar-refractivity contribution is -0.116. The Morgan fingerprint density at radius 1 is 0.852 bits per heavy atom. The van der Waals surface area contributed by atoms with Crippen molar-refractivity contribution < 1.29 is 9.59 Å². The summed E-state index contributed by atoms with van der Waals surface area (Å²) in [6.07, 6.45) is 14.6. The maximum absolute atomic E-state index is 12.1. The van der Waals surface area contributed by atoms with Gasteiger partial charge in [-0.2, -0.15) is 0 Å². The first-order valence-electron chi connectivity index (χ1n) is 10.7. The maximum atomic E-state index is 12.1. The van der Waals surface area contributed by atoms with E-state index < -0.39 is 0 Å². The molecular weight excluding hydrogens is 336 g/mol. The Morgan fingerprint density at radius 3 is 1.96 bits per heavy atom. The second kappa shape index (κ2) is 14.2. The molecule has 0 atom stereocenters. The van der Waals surface area contributed by atoms with E-state index in [4.69, 9.17) is 0 Å². The molecule has 1 N–H and O–H groups in total. The van der Waals surface area contributed by atoms with Crippen molar-refractivity contribution in [2.24, 2.45) is 0 Å². The van der Waals surface area contributed by atoms with Crippen molar-refractivity contribution >= 4 is 17.5 Å². The van der Waals surface area contributed by atoms with Crippen LogP contribution in [0.5, 0.6) is 0 Å². The number of nitrogens with zero attached hydrogens (tertiary/aromatic N) is 1. The second-order valence-electron chi connectivity index (χ2n) is 7.61. The first-order valence-corrected chi connectivity index (χ1v) is 10.7. The Bertz CT molecular complexity index is 555. The van der Waals surface area contributed by atoms with Gasteiger partial charge in [0, 0.05) is 31.8 Å². The number of hydrogen-bond donors (Lipinski definition) is 1. The van der Waals surface area contributed by atoms with Crippen molar-refractivity contribution in [1.29, 1.82) is 0 Å². The van der Waals surface area contributed by atoms with Crippen molar-refractivity contribution in [3.63, 3.8) is 0 Å². The van der Waals surface area contributed by atoms with Gasteiger partial charge in [0.25, 0.3) is 5.91 Å². The van der Waals surface area contributed by atoms with Crippen LogP contribution in [0.15, 0.2) is 24.3 Å². The lowest BCUT2D eigenvalue weighted by atomic mass is 10.1. The minimum atomic E-state index is -0.0588. The minimum Gasteiger partial charge on any atom is -0.345 e. The zero-order valence-electron chi connectivity index (χ0n) is 17.6. The van der Waals surface area contributed by atoms with E-state index in [2.05, 4.69) is 12.2 Å². The molecular formula is C23H38N2O2. The molecule has 4 heteroatoms. The highest BCUT2D eigenvalue weighted by Crippen LogP contribution is 2.14. The number of anilines is 1. The first-order chi connectivity index (χ1) is 13.0. The second-order valence-corrected chi connectivity index (χ2v) is 7.61. The number of unbranched alkanes of at least 4 members (excludes halogenated alkanes) is 10. The van der Waals surface area contributed by atoms with Gasteiger partial charge in [-0.15, -0.1) is 0 Å². The monoisotopic (exact) mass is 374 g/mol. The average molecular weight is 375 g/mol. The molecule has 4 nitrogen and oxygen atoms in total. The number of carbonyl (C=O) groups excluding carboxylic acids is 2. The van der Waals surface area contributed by atoms with Crippen molar-refractivity contribution in [1.82, 2.24) is 4.90 Å². The normalized spacial score (nSPS) is 10.6. The van der Waals surface area contributed by atoms with E-state index >= 15 is 0 Å². The van der Waals surface area contributed by atoms with E-state index in [0.717, 1.165) is 12.8 Å². The highest BCUT2D eigenvalue weighted by atomic mass is 16.2. The molecule has 1 aromatic rings. The molecule has 1 aromatic carbocycles. The summed E-state index contributed by atoms with van der Waals surface area (Å²) in [6.45, 7) is 2.25. The average Bonchev–Trinajstić information content (AvgIpc) is 2.65. The van der Waals surface area contributed by atoms with E-state index in [1.54, 1.807) is 32.3 Å². The fraction of sp³-hybridized carbons (Fsp3) is 0.652. The largest absolute Gasteiger partial charge is 0.345 e. The Hall–Kier alpha value is -1.84. The minimum absolute atomic E-state index is 0.0281. The first kappa shape index (κ1) is 23.2. The van der Waals surface area contributed by atoms with Gasteiger partial charge in [0.15, 0.2) is 0 Å². The molecule has 0 fully saturated rings. The summed E-state index contributed by atoms with van der Waals surface area (Å²) in [5, 5.41) is 2.90. The standard InChI is InChI=1S/C23H38N2O2/c1-4-5-6-7-8-9-10-11-12-13-14-18-22(26)24-21-17-15-16-20(19-21)23(27)25(2)3/h15-17,19H,4-14,18H2,1-3H3,(H,24,26). The summed E-state index contributed by atoms with van der Waals surface area (Å²) < 4.78 is 0. The fourth-order valence-corrected chi connectivity index (χ4v) is 3.16. The van der Waals surface area contributed by atoms with E-state index in [1.807, 2.05) is 6.07 Å². The number of nitrogens with one attached hydrogen (secondary N) is 1. The van der Waals surface area contributed by atoms with Crippen molar-refractivity contribution in [2.75, 3.05) is 19.4 Å². The number of benzene rings is 1. The summed E-state index contributed by atoms with van der Waals surface area (Å²) in [5.74, 6) is -0.0307. The zero-order chi connectivity index (χ0) is 19.9. The Kier molecular flexibility index (Phi) is 12.2. The predicted molar refractivity (Wildman–Crippen MR) is 114 cm³/mol. The molecule has 0 unspecified atom stereocenters. The zero-order valence-corrected chi connectivity index (χ0v) is 17.6. The van der Waals surface area contributed by atoms with Crippen LogP contribution in [-0.2, 0) is 4.79 Å². The molecule has 0 aliphatic rings. The molecule has 0 radical (unpaired) electrons. The summed E-state index contributed by atoms with van der Waals surface area (Å²) >= 11 is 0. The molecule has 27 heavy (non-hydrogen) atoms. The van der Waals surface area contributed by atoms with Gasteiger partial charge in [0.1, 0.15) is 0 Å². The topological polar surface area (TPSA) is 49.4 Å². The lowest BCUT2D eigenvalue weighted by Gasteiger charge is -2.11. The van der Waals surface area contributed by atoms with Crippen LogP contribution in [0.3, 0.4) is 0 Å². The summed E-state index contributed by atoms with van der Waals surface area (Å²) in [5.41, 5.74) is 1.28. The van der Waals surface area contributed by atoms with Crippen LogP contribution in [0.4, 0.5) is 5.69 Å². The van der Waals surface area contributed by atoms with E-state index in [-0.39, 0.29) is 11.8 Å². The Balaban J connectivity index is 2.11. The molecule has 0 aromatic heterocycles. The van der Waals surface area contributed by atoms with Gasteiger partial charge < -0.3 is 10.2 Å². The van der Waals surface area contributed by atoms with Crippen LogP contribution in [0.2, 0.25) is 0 Å². The summed E-state index contributed by atoms with van der Waals surface area (Å²) in [6, 6.07) is 7.13. The molecule has 0 spiro atoms. The van der Waals surface area contributed by atoms with Gasteiger partial charge in [-0.3, -0.25) is 9.59 Å². The van der Waals surface area contributed by atoms with E-state index in [1.165, 1.54) is 62.7 Å². The molecule has 152 valence electrons. The highest BCUT2D eigenvalue weighted by Gasteiger charge is 2.09. The Labute approximate surface area is 165 Å². The van der Waals surface area contributed by atoms with Gasteiger partial charge in [0.05, 0.1) is 0 Å². The van der Waals surface area contributed by atoms with Crippen LogP contribution >= 0.6 is 0 Å². The van der Waals surface area contributed by atoms with Gasteiger partial charge in [-0.05, 0) is 24.6 Å². The SMILES string of the molecule is CCCCCCCCCCCCCC(=O)Nc1cccc(C(=O)N(C)C)c1. The van der Waals surface area contributed by atoms with Gasteiger partial charge in [-0.25, -0.2) is 0 Å². The van der Waals surface area contributed by atoms with Crippen LogP contribution in [0.1, 0.15) is 94.3 Å². The van der Waals surface area contributed by atoms with Crippen LogP contribution < -0.4 is 5.32 Å². The Morgan fingerprint density at radius 2 is 1.41 bits per heavy atom. The van der Waals surface area contributed by atoms with Gasteiger partial charge >= 0.3 is 0 Å². The number of hydrogen-bond acceptors (Lipinski definition) is 2. The third-order valence-electron chi connectivity index (χ3n) is 4.81. The highest BCUT2D eigenvalue weighted by molar-refractivity contribution is 5.96. The molecule has 2 amide bonds. The molecule has 0 saturated carbocycles. The van der Waals surface area contributed by atoms with Crippen molar-refractivity contribution in [2.45, 2.75) is 84.0 Å². The molecule has 1 rings (SSSR count). The van der Waals surface area contributed by atoms with E-state index in [0.29, 0.717) is 17.7 Å². The van der Waals surface area contributed by atoms with Crippen molar-refractivity contribution in [3.05, 3.63) is 29.8 Å². The van der Waals surface area contributed by atoms with Crippen molar-refractivity contribution in [3.8, 4) is 0 Å². The predicted octanol–water partition coefficient (Wildman–Crippen LogP) is 6.03. The summed E-state index contributed by atoms with van der Waals surface area (Å²) in [7, 11) is 3.44. The fourth-order valence-electron chi connectivity index (χ4n) is 3.16. The third kappa shape index (κ3) is 10.8. The lowest BCUT2D eigenvalue weighted by Crippen LogP contribution is -2.21. The smallest absolute Gasteiger partial charge is 0.253 e. The van der Waals surface area contributed by atoms with Gasteiger partial charge in [0.2, 0.25) is 5.91 Å². The van der Waals surface area contributed by atoms with Crippen LogP contribution in [-0.4, -0.2) is 30.8 Å².